The van der Waals surface area contributed by atoms with Crippen LogP contribution in [-0.2, 0) is 10.0 Å². The van der Waals surface area contributed by atoms with Crippen molar-refractivity contribution in [1.29, 1.82) is 0 Å². The van der Waals surface area contributed by atoms with Gasteiger partial charge in [-0.25, -0.2) is 12.7 Å². The Hall–Kier alpha value is -0.170. The van der Waals surface area contributed by atoms with Crippen molar-refractivity contribution in [3.63, 3.8) is 0 Å². The van der Waals surface area contributed by atoms with Gasteiger partial charge in [-0.2, -0.15) is 0 Å². The highest BCUT2D eigenvalue weighted by Gasteiger charge is 2.58. The van der Waals surface area contributed by atoms with Crippen LogP contribution in [0, 0.1) is 0 Å². The van der Waals surface area contributed by atoms with Gasteiger partial charge in [0.15, 0.2) is 0 Å². The largest absolute Gasteiger partial charge is 0.390 e. The minimum absolute atomic E-state index is 0.226. The summed E-state index contributed by atoms with van der Waals surface area (Å²) in [4.78, 5) is 0. The molecule has 0 aromatic carbocycles. The van der Waals surface area contributed by atoms with E-state index in [1.807, 2.05) is 0 Å². The van der Waals surface area contributed by atoms with Crippen LogP contribution in [0.4, 0.5) is 0 Å². The molecule has 2 fully saturated rings. The Balaban J connectivity index is 2.46. The van der Waals surface area contributed by atoms with Crippen molar-refractivity contribution in [3.8, 4) is 0 Å². The lowest BCUT2D eigenvalue weighted by atomic mass is 10.0. The van der Waals surface area contributed by atoms with Crippen LogP contribution in [0.25, 0.3) is 0 Å². The van der Waals surface area contributed by atoms with Crippen molar-refractivity contribution >= 4 is 10.0 Å². The summed E-state index contributed by atoms with van der Waals surface area (Å²) >= 11 is 0. The molecule has 76 valence electrons. The Morgan fingerprint density at radius 1 is 1.62 bits per heavy atom. The number of hydrogen-bond acceptors (Lipinski definition) is 4. The van der Waals surface area contributed by atoms with Crippen LogP contribution in [0.3, 0.4) is 0 Å². The molecule has 2 aliphatic heterocycles. The van der Waals surface area contributed by atoms with Crippen molar-refractivity contribution in [2.45, 2.75) is 17.3 Å². The average molecular weight is 206 g/mol. The third kappa shape index (κ3) is 0.999. The van der Waals surface area contributed by atoms with Gasteiger partial charge in [0, 0.05) is 20.1 Å². The summed E-state index contributed by atoms with van der Waals surface area (Å²) in [6, 6.07) is 0. The van der Waals surface area contributed by atoms with Gasteiger partial charge in [-0.3, -0.25) is 0 Å². The van der Waals surface area contributed by atoms with Crippen LogP contribution < -0.4 is 5.32 Å². The molecule has 0 radical (unpaired) electrons. The molecule has 2 aliphatic rings. The quantitative estimate of drug-likeness (QED) is 0.498. The second-order valence-electron chi connectivity index (χ2n) is 3.79. The van der Waals surface area contributed by atoms with E-state index >= 15 is 0 Å². The van der Waals surface area contributed by atoms with Gasteiger partial charge in [0.2, 0.25) is 10.0 Å². The number of hydrogen-bond donors (Lipinski definition) is 2. The van der Waals surface area contributed by atoms with Gasteiger partial charge in [0.05, 0.1) is 6.10 Å². The highest BCUT2D eigenvalue weighted by Crippen LogP contribution is 2.36. The van der Waals surface area contributed by atoms with Gasteiger partial charge in [-0.05, 0) is 13.0 Å². The second kappa shape index (κ2) is 2.66. The molecule has 0 bridgehead atoms. The van der Waals surface area contributed by atoms with E-state index in [0.29, 0.717) is 19.5 Å². The normalized spacial score (nSPS) is 44.6. The Labute approximate surface area is 77.8 Å². The lowest BCUT2D eigenvalue weighted by Crippen LogP contribution is -2.47. The molecule has 2 atom stereocenters. The maximum atomic E-state index is 11.9. The standard InChI is InChI=1S/C7H14N2O3S/c1-9-4-6(10)7(13(9,11)12)2-3-8-5-7/h6,8,10H,2-5H2,1H3/t6-,7+/m0/s1. The van der Waals surface area contributed by atoms with E-state index in [1.165, 1.54) is 11.4 Å². The first-order valence-corrected chi connectivity index (χ1v) is 5.79. The Morgan fingerprint density at radius 2 is 2.31 bits per heavy atom. The molecule has 2 saturated heterocycles. The van der Waals surface area contributed by atoms with Crippen molar-refractivity contribution in [2.24, 2.45) is 0 Å². The molecule has 0 amide bonds. The van der Waals surface area contributed by atoms with Crippen LogP contribution in [0.15, 0.2) is 0 Å². The number of aliphatic hydroxyl groups excluding tert-OH is 1. The molecule has 0 aromatic rings. The molecule has 2 rings (SSSR count). The minimum Gasteiger partial charge on any atom is -0.390 e. The Bertz CT molecular complexity index is 308. The van der Waals surface area contributed by atoms with E-state index in [1.54, 1.807) is 0 Å². The summed E-state index contributed by atoms with van der Waals surface area (Å²) < 4.78 is 24.0. The number of rotatable bonds is 0. The van der Waals surface area contributed by atoms with Crippen molar-refractivity contribution < 1.29 is 13.5 Å². The topological polar surface area (TPSA) is 69.6 Å². The Kier molecular flexibility index (Phi) is 1.92. The summed E-state index contributed by atoms with van der Waals surface area (Å²) in [6.07, 6.45) is -0.238. The van der Waals surface area contributed by atoms with E-state index < -0.39 is 20.9 Å². The molecule has 2 heterocycles. The van der Waals surface area contributed by atoms with Crippen LogP contribution >= 0.6 is 0 Å². The fourth-order valence-electron chi connectivity index (χ4n) is 2.18. The van der Waals surface area contributed by atoms with Crippen LogP contribution in [0.2, 0.25) is 0 Å². The number of aliphatic hydroxyl groups is 1. The summed E-state index contributed by atoms with van der Waals surface area (Å²) in [5.74, 6) is 0. The number of nitrogens with one attached hydrogen (secondary N) is 1. The number of likely N-dealkylation sites (N-methyl/N-ethyl adjacent to an activating group) is 1. The third-order valence-corrected chi connectivity index (χ3v) is 5.73. The first-order valence-electron chi connectivity index (χ1n) is 4.35. The molecule has 13 heavy (non-hydrogen) atoms. The van der Waals surface area contributed by atoms with Gasteiger partial charge < -0.3 is 10.4 Å². The highest BCUT2D eigenvalue weighted by atomic mass is 32.2. The van der Waals surface area contributed by atoms with Crippen LogP contribution in [0.1, 0.15) is 6.42 Å². The van der Waals surface area contributed by atoms with E-state index in [4.69, 9.17) is 0 Å². The van der Waals surface area contributed by atoms with Crippen molar-refractivity contribution in [3.05, 3.63) is 0 Å². The molecule has 5 nitrogen and oxygen atoms in total. The number of nitrogens with zero attached hydrogens (tertiary/aromatic N) is 1. The summed E-state index contributed by atoms with van der Waals surface area (Å²) in [7, 11) is -1.77. The maximum absolute atomic E-state index is 11.9. The number of sulfonamides is 1. The summed E-state index contributed by atoms with van der Waals surface area (Å²) in [5.41, 5.74) is 0. The summed E-state index contributed by atoms with van der Waals surface area (Å²) in [5, 5.41) is 12.7. The highest BCUT2D eigenvalue weighted by molar-refractivity contribution is 7.90. The van der Waals surface area contributed by atoms with Crippen molar-refractivity contribution in [2.75, 3.05) is 26.7 Å². The minimum atomic E-state index is -3.29. The Morgan fingerprint density at radius 3 is 2.69 bits per heavy atom. The molecule has 1 spiro atoms. The molecule has 0 aromatic heterocycles. The predicted octanol–water partition coefficient (Wildman–Crippen LogP) is -1.65. The zero-order valence-corrected chi connectivity index (χ0v) is 8.34. The second-order valence-corrected chi connectivity index (χ2v) is 6.18. The monoisotopic (exact) mass is 206 g/mol. The van der Waals surface area contributed by atoms with Gasteiger partial charge in [-0.15, -0.1) is 0 Å². The maximum Gasteiger partial charge on any atom is 0.223 e. The number of β-amino-alcohol motifs (C(OH)–C–C–N with tert-alkyl or cyclic N) is 1. The molecular weight excluding hydrogens is 192 g/mol. The van der Waals surface area contributed by atoms with Gasteiger partial charge in [0.1, 0.15) is 4.75 Å². The molecule has 0 saturated carbocycles. The van der Waals surface area contributed by atoms with E-state index in [9.17, 15) is 13.5 Å². The smallest absolute Gasteiger partial charge is 0.223 e. The molecule has 2 N–H and O–H groups in total. The van der Waals surface area contributed by atoms with E-state index in [-0.39, 0.29) is 6.54 Å². The fourth-order valence-corrected chi connectivity index (χ4v) is 4.20. The predicted molar refractivity (Wildman–Crippen MR) is 47.8 cm³/mol. The molecular formula is C7H14N2O3S. The van der Waals surface area contributed by atoms with Crippen molar-refractivity contribution in [1.82, 2.24) is 9.62 Å². The van der Waals surface area contributed by atoms with E-state index in [2.05, 4.69) is 5.32 Å². The molecule has 0 unspecified atom stereocenters. The zero-order valence-electron chi connectivity index (χ0n) is 7.52. The van der Waals surface area contributed by atoms with E-state index in [0.717, 1.165) is 0 Å². The first kappa shape index (κ1) is 9.39. The van der Waals surface area contributed by atoms with Crippen LogP contribution in [-0.4, -0.2) is 55.4 Å². The van der Waals surface area contributed by atoms with Gasteiger partial charge >= 0.3 is 0 Å². The lowest BCUT2D eigenvalue weighted by Gasteiger charge is -2.24. The van der Waals surface area contributed by atoms with Gasteiger partial charge in [-0.1, -0.05) is 0 Å². The van der Waals surface area contributed by atoms with Gasteiger partial charge in [0.25, 0.3) is 0 Å². The fraction of sp³-hybridized carbons (Fsp3) is 1.00. The lowest BCUT2D eigenvalue weighted by molar-refractivity contribution is 0.137. The average Bonchev–Trinajstić information content (AvgIpc) is 2.57. The van der Waals surface area contributed by atoms with Crippen LogP contribution in [0.5, 0.6) is 0 Å². The third-order valence-electron chi connectivity index (χ3n) is 3.11. The SMILES string of the molecule is CN1C[C@H](O)[C@]2(CCNC2)S1(=O)=O. The molecule has 6 heteroatoms. The zero-order chi connectivity index (χ0) is 9.69. The molecule has 0 aliphatic carbocycles. The summed E-state index contributed by atoms with van der Waals surface area (Å²) in [6.45, 7) is 1.27. The first-order chi connectivity index (χ1) is 6.01.